The number of anilines is 1. The first-order valence-corrected chi connectivity index (χ1v) is 10.3. The lowest BCUT2D eigenvalue weighted by Crippen LogP contribution is -2.48. The molecule has 1 amide bonds. The van der Waals surface area contributed by atoms with Gasteiger partial charge in [0.25, 0.3) is 0 Å². The third kappa shape index (κ3) is 6.65. The number of hydrogen-bond acceptors (Lipinski definition) is 10. The van der Waals surface area contributed by atoms with Crippen LogP contribution >= 0.6 is 11.3 Å². The molecule has 0 radical (unpaired) electrons. The zero-order valence-electron chi connectivity index (χ0n) is 17.0. The molecule has 168 valence electrons. The monoisotopic (exact) mass is 460 g/mol. The van der Waals surface area contributed by atoms with Crippen molar-refractivity contribution in [3.8, 4) is 0 Å². The zero-order valence-corrected chi connectivity index (χ0v) is 17.8. The number of aryl methyl sites for hydroxylation is 1. The Kier molecular flexibility index (Phi) is 7.57. The SMILES string of the molecule is Cc1nnc(NC(=O)CN2CC(c3nc(Cc4ccccc4)no3)C2)s1.O=C(O)C(=O)O. The van der Waals surface area contributed by atoms with E-state index in [1.165, 1.54) is 11.3 Å². The fourth-order valence-electron chi connectivity index (χ4n) is 2.85. The molecule has 32 heavy (non-hydrogen) atoms. The van der Waals surface area contributed by atoms with E-state index < -0.39 is 11.9 Å². The van der Waals surface area contributed by atoms with Gasteiger partial charge in [-0.1, -0.05) is 46.8 Å². The summed E-state index contributed by atoms with van der Waals surface area (Å²) < 4.78 is 5.39. The van der Waals surface area contributed by atoms with Gasteiger partial charge >= 0.3 is 11.9 Å². The number of carboxylic acid groups (broad SMARTS) is 2. The number of aromatic nitrogens is 4. The highest BCUT2D eigenvalue weighted by molar-refractivity contribution is 7.15. The van der Waals surface area contributed by atoms with Crippen LogP contribution in [0.4, 0.5) is 5.13 Å². The molecule has 0 spiro atoms. The molecule has 4 rings (SSSR count). The van der Waals surface area contributed by atoms with Crippen LogP contribution < -0.4 is 5.32 Å². The van der Waals surface area contributed by atoms with Crippen LogP contribution in [0, 0.1) is 6.92 Å². The molecule has 3 N–H and O–H groups in total. The molecule has 2 aromatic heterocycles. The number of benzene rings is 1. The van der Waals surface area contributed by atoms with Gasteiger partial charge in [-0.3, -0.25) is 15.0 Å². The molecule has 3 aromatic rings. The average Bonchev–Trinajstić information content (AvgIpc) is 3.34. The van der Waals surface area contributed by atoms with Crippen LogP contribution in [0.3, 0.4) is 0 Å². The first-order valence-electron chi connectivity index (χ1n) is 9.45. The molecule has 0 aliphatic carbocycles. The van der Waals surface area contributed by atoms with Gasteiger partial charge in [0.15, 0.2) is 5.82 Å². The average molecular weight is 460 g/mol. The number of carbonyl (C=O) groups is 3. The smallest absolute Gasteiger partial charge is 0.414 e. The van der Waals surface area contributed by atoms with Gasteiger partial charge < -0.3 is 14.7 Å². The summed E-state index contributed by atoms with van der Waals surface area (Å²) in [5.41, 5.74) is 1.15. The van der Waals surface area contributed by atoms with Crippen molar-refractivity contribution in [2.24, 2.45) is 0 Å². The Hall–Kier alpha value is -3.71. The summed E-state index contributed by atoms with van der Waals surface area (Å²) in [5, 5.41) is 30.7. The Balaban J connectivity index is 0.000000427. The number of aliphatic carboxylic acids is 2. The van der Waals surface area contributed by atoms with Gasteiger partial charge in [0.05, 0.1) is 12.5 Å². The highest BCUT2D eigenvalue weighted by Gasteiger charge is 2.33. The summed E-state index contributed by atoms with van der Waals surface area (Å²) in [6.45, 7) is 3.63. The van der Waals surface area contributed by atoms with Gasteiger partial charge in [-0.15, -0.1) is 10.2 Å². The molecule has 1 saturated heterocycles. The van der Waals surface area contributed by atoms with Gasteiger partial charge in [-0.05, 0) is 12.5 Å². The molecule has 1 aromatic carbocycles. The van der Waals surface area contributed by atoms with Crippen molar-refractivity contribution >= 4 is 34.3 Å². The summed E-state index contributed by atoms with van der Waals surface area (Å²) >= 11 is 1.36. The maximum atomic E-state index is 12.0. The highest BCUT2D eigenvalue weighted by Crippen LogP contribution is 2.26. The Labute approximate surface area is 185 Å². The summed E-state index contributed by atoms with van der Waals surface area (Å²) in [5.74, 6) is -2.22. The third-order valence-electron chi connectivity index (χ3n) is 4.32. The van der Waals surface area contributed by atoms with Crippen molar-refractivity contribution in [1.82, 2.24) is 25.2 Å². The molecular weight excluding hydrogens is 440 g/mol. The van der Waals surface area contributed by atoms with Gasteiger partial charge in [-0.2, -0.15) is 4.98 Å². The van der Waals surface area contributed by atoms with Gasteiger partial charge in [0, 0.05) is 19.5 Å². The number of hydrogen-bond donors (Lipinski definition) is 3. The van der Waals surface area contributed by atoms with Crippen LogP contribution in [0.25, 0.3) is 0 Å². The Bertz CT molecular complexity index is 1070. The highest BCUT2D eigenvalue weighted by atomic mass is 32.1. The van der Waals surface area contributed by atoms with Crippen molar-refractivity contribution in [3.63, 3.8) is 0 Å². The minimum atomic E-state index is -1.82. The summed E-state index contributed by atoms with van der Waals surface area (Å²) in [4.78, 5) is 36.7. The van der Waals surface area contributed by atoms with E-state index in [1.54, 1.807) is 0 Å². The topological polar surface area (TPSA) is 172 Å². The maximum Gasteiger partial charge on any atom is 0.414 e. The van der Waals surface area contributed by atoms with Crippen LogP contribution in [0.5, 0.6) is 0 Å². The van der Waals surface area contributed by atoms with Crippen LogP contribution in [-0.4, -0.2) is 72.9 Å². The number of carboxylic acids is 2. The zero-order chi connectivity index (χ0) is 23.1. The Morgan fingerprint density at radius 3 is 2.44 bits per heavy atom. The van der Waals surface area contributed by atoms with Crippen molar-refractivity contribution < 1.29 is 29.1 Å². The first-order chi connectivity index (χ1) is 15.3. The number of amides is 1. The second-order valence-corrected chi connectivity index (χ2v) is 8.07. The molecule has 13 heteroatoms. The van der Waals surface area contributed by atoms with E-state index in [0.717, 1.165) is 23.7 Å². The summed E-state index contributed by atoms with van der Waals surface area (Å²) in [6, 6.07) is 10.1. The fraction of sp³-hybridized carbons (Fsp3) is 0.316. The van der Waals surface area contributed by atoms with E-state index in [-0.39, 0.29) is 11.8 Å². The van der Waals surface area contributed by atoms with Crippen LogP contribution in [0.15, 0.2) is 34.9 Å². The lowest BCUT2D eigenvalue weighted by atomic mass is 10.0. The largest absolute Gasteiger partial charge is 0.473 e. The van der Waals surface area contributed by atoms with E-state index in [9.17, 15) is 4.79 Å². The molecule has 0 bridgehead atoms. The number of nitrogens with one attached hydrogen (secondary N) is 1. The summed E-state index contributed by atoms with van der Waals surface area (Å²) in [6.07, 6.45) is 0.657. The lowest BCUT2D eigenvalue weighted by Gasteiger charge is -2.36. The molecular formula is C19H20N6O6S. The number of rotatable bonds is 6. The molecule has 0 saturated carbocycles. The van der Waals surface area contributed by atoms with E-state index in [1.807, 2.05) is 42.2 Å². The predicted octanol–water partition coefficient (Wildman–Crippen LogP) is 1.01. The van der Waals surface area contributed by atoms with Crippen LogP contribution in [0.1, 0.15) is 28.2 Å². The van der Waals surface area contributed by atoms with E-state index in [4.69, 9.17) is 24.3 Å². The fourth-order valence-corrected chi connectivity index (χ4v) is 3.46. The second-order valence-electron chi connectivity index (χ2n) is 6.89. The third-order valence-corrected chi connectivity index (χ3v) is 5.07. The Morgan fingerprint density at radius 1 is 1.16 bits per heavy atom. The van der Waals surface area contributed by atoms with Crippen molar-refractivity contribution in [2.75, 3.05) is 25.0 Å². The lowest BCUT2D eigenvalue weighted by molar-refractivity contribution is -0.159. The predicted molar refractivity (Wildman–Crippen MR) is 111 cm³/mol. The second kappa shape index (κ2) is 10.5. The molecule has 0 atom stereocenters. The summed E-state index contributed by atoms with van der Waals surface area (Å²) in [7, 11) is 0. The first kappa shape index (κ1) is 23.0. The van der Waals surface area contributed by atoms with Crippen molar-refractivity contribution in [3.05, 3.63) is 52.6 Å². The van der Waals surface area contributed by atoms with Gasteiger partial charge in [0.1, 0.15) is 5.01 Å². The molecule has 0 unspecified atom stereocenters. The van der Waals surface area contributed by atoms with E-state index in [2.05, 4.69) is 25.7 Å². The molecule has 3 heterocycles. The minimum absolute atomic E-state index is 0.0881. The number of nitrogens with zero attached hydrogens (tertiary/aromatic N) is 5. The minimum Gasteiger partial charge on any atom is -0.473 e. The standard InChI is InChI=1S/C17H18N6O2S.C2H2O4/c1-11-20-21-17(26-11)19-15(24)10-23-8-13(9-23)16-18-14(22-25-16)7-12-5-3-2-4-6-12;3-1(4)2(5)6/h2-6,13H,7-10H2,1H3,(H,19,21,24);(H,3,4)(H,5,6). The van der Waals surface area contributed by atoms with E-state index in [0.29, 0.717) is 29.8 Å². The van der Waals surface area contributed by atoms with E-state index >= 15 is 0 Å². The maximum absolute atomic E-state index is 12.0. The van der Waals surface area contributed by atoms with Crippen molar-refractivity contribution in [2.45, 2.75) is 19.3 Å². The molecule has 1 aliphatic rings. The number of likely N-dealkylation sites (tertiary alicyclic amines) is 1. The van der Waals surface area contributed by atoms with Gasteiger partial charge in [0.2, 0.25) is 16.9 Å². The number of carbonyl (C=O) groups excluding carboxylic acids is 1. The molecule has 1 fully saturated rings. The Morgan fingerprint density at radius 2 is 1.84 bits per heavy atom. The quantitative estimate of drug-likeness (QED) is 0.448. The normalized spacial score (nSPS) is 13.5. The van der Waals surface area contributed by atoms with Crippen LogP contribution in [0.2, 0.25) is 0 Å². The molecule has 1 aliphatic heterocycles. The molecule has 12 nitrogen and oxygen atoms in total. The van der Waals surface area contributed by atoms with Crippen LogP contribution in [-0.2, 0) is 20.8 Å². The van der Waals surface area contributed by atoms with Crippen molar-refractivity contribution in [1.29, 1.82) is 0 Å². The van der Waals surface area contributed by atoms with Gasteiger partial charge in [-0.25, -0.2) is 9.59 Å².